The molecule has 1 N–H and O–H groups in total. The minimum absolute atomic E-state index is 0.217. The van der Waals surface area contributed by atoms with Gasteiger partial charge in [0.1, 0.15) is 5.82 Å². The van der Waals surface area contributed by atoms with Gasteiger partial charge in [-0.25, -0.2) is 9.78 Å². The van der Waals surface area contributed by atoms with Gasteiger partial charge in [0.15, 0.2) is 5.65 Å². The molecule has 0 atom stereocenters. The summed E-state index contributed by atoms with van der Waals surface area (Å²) >= 11 is 0. The maximum absolute atomic E-state index is 11.9. The monoisotopic (exact) mass is 295 g/mol. The number of pyridine rings is 2. The molecule has 0 saturated heterocycles. The van der Waals surface area contributed by atoms with Gasteiger partial charge >= 0.3 is 5.69 Å². The van der Waals surface area contributed by atoms with Crippen molar-refractivity contribution in [3.05, 3.63) is 58.4 Å². The molecule has 0 amide bonds. The maximum atomic E-state index is 11.9. The fourth-order valence-electron chi connectivity index (χ4n) is 2.82. The number of fused-ring (bicyclic) bond motifs is 2. The van der Waals surface area contributed by atoms with E-state index in [2.05, 4.69) is 15.0 Å². The predicted octanol–water partition coefficient (Wildman–Crippen LogP) is 0.986. The van der Waals surface area contributed by atoms with Crippen LogP contribution in [0.1, 0.15) is 11.3 Å². The molecule has 0 aliphatic carbocycles. The number of aromatic nitrogens is 4. The van der Waals surface area contributed by atoms with Crippen LogP contribution in [-0.4, -0.2) is 31.4 Å². The molecule has 110 valence electrons. The molecule has 0 unspecified atom stereocenters. The molecule has 4 heterocycles. The molecule has 0 spiro atoms. The van der Waals surface area contributed by atoms with Crippen molar-refractivity contribution in [2.75, 3.05) is 11.4 Å². The van der Waals surface area contributed by atoms with E-state index in [-0.39, 0.29) is 5.65 Å². The van der Waals surface area contributed by atoms with Crippen LogP contribution in [0.3, 0.4) is 0 Å². The normalized spacial score (nSPS) is 14.1. The van der Waals surface area contributed by atoms with Crippen LogP contribution in [0.4, 0.5) is 5.82 Å². The number of nitrogens with zero attached hydrogens (tertiary/aromatic N) is 5. The Bertz CT molecular complexity index is 921. The molecular formula is C15H13N5O2. The van der Waals surface area contributed by atoms with Gasteiger partial charge in [-0.2, -0.15) is 4.98 Å². The van der Waals surface area contributed by atoms with Crippen molar-refractivity contribution in [2.24, 2.45) is 0 Å². The van der Waals surface area contributed by atoms with Gasteiger partial charge in [0.25, 0.3) is 0 Å². The van der Waals surface area contributed by atoms with Gasteiger partial charge in [-0.05, 0) is 23.8 Å². The van der Waals surface area contributed by atoms with Gasteiger partial charge in [0, 0.05) is 37.6 Å². The molecule has 0 radical (unpaired) electrons. The summed E-state index contributed by atoms with van der Waals surface area (Å²) in [7, 11) is 0. The lowest BCUT2D eigenvalue weighted by atomic mass is 10.1. The summed E-state index contributed by atoms with van der Waals surface area (Å²) in [5.41, 5.74) is 1.70. The third-order valence-corrected chi connectivity index (χ3v) is 3.87. The Kier molecular flexibility index (Phi) is 2.78. The van der Waals surface area contributed by atoms with E-state index in [1.165, 1.54) is 6.20 Å². The van der Waals surface area contributed by atoms with Crippen molar-refractivity contribution >= 4 is 16.9 Å². The second-order valence-corrected chi connectivity index (χ2v) is 5.19. The van der Waals surface area contributed by atoms with Crippen molar-refractivity contribution < 1.29 is 5.21 Å². The molecule has 0 aromatic carbocycles. The maximum Gasteiger partial charge on any atom is 0.384 e. The first kappa shape index (κ1) is 12.8. The second kappa shape index (κ2) is 4.80. The average molecular weight is 295 g/mol. The third kappa shape index (κ3) is 1.90. The van der Waals surface area contributed by atoms with E-state index in [4.69, 9.17) is 0 Å². The molecule has 22 heavy (non-hydrogen) atoms. The molecule has 7 nitrogen and oxygen atoms in total. The van der Waals surface area contributed by atoms with Crippen molar-refractivity contribution in [2.45, 2.75) is 13.0 Å². The Balaban J connectivity index is 1.86. The highest BCUT2D eigenvalue weighted by Crippen LogP contribution is 2.26. The topological polar surface area (TPSA) is 84.1 Å². The van der Waals surface area contributed by atoms with Crippen molar-refractivity contribution in [3.8, 4) is 0 Å². The smallest absolute Gasteiger partial charge is 0.384 e. The van der Waals surface area contributed by atoms with E-state index < -0.39 is 5.69 Å². The summed E-state index contributed by atoms with van der Waals surface area (Å²) in [6, 6.07) is 7.50. The lowest BCUT2D eigenvalue weighted by Gasteiger charge is -2.29. The van der Waals surface area contributed by atoms with E-state index in [9.17, 15) is 10.0 Å². The van der Waals surface area contributed by atoms with Gasteiger partial charge < -0.3 is 10.1 Å². The molecule has 1 aliphatic rings. The van der Waals surface area contributed by atoms with Crippen molar-refractivity contribution in [3.63, 3.8) is 0 Å². The number of rotatable bonds is 1. The zero-order chi connectivity index (χ0) is 15.1. The molecular weight excluding hydrogens is 282 g/mol. The minimum Gasteiger partial charge on any atom is -0.422 e. The van der Waals surface area contributed by atoms with Crippen LogP contribution in [-0.2, 0) is 13.0 Å². The highest BCUT2D eigenvalue weighted by Gasteiger charge is 2.21. The van der Waals surface area contributed by atoms with E-state index in [1.54, 1.807) is 18.3 Å². The third-order valence-electron chi connectivity index (χ3n) is 3.87. The fourth-order valence-corrected chi connectivity index (χ4v) is 2.82. The summed E-state index contributed by atoms with van der Waals surface area (Å²) in [5.74, 6) is 0.549. The summed E-state index contributed by atoms with van der Waals surface area (Å²) in [6.07, 6.45) is 4.12. The number of hydrogen-bond donors (Lipinski definition) is 1. The highest BCUT2D eigenvalue weighted by molar-refractivity contribution is 5.86. The lowest BCUT2D eigenvalue weighted by Crippen LogP contribution is -2.34. The molecule has 0 saturated carbocycles. The van der Waals surface area contributed by atoms with Gasteiger partial charge in [0.05, 0.1) is 5.39 Å². The summed E-state index contributed by atoms with van der Waals surface area (Å²) < 4.78 is 0.484. The Morgan fingerprint density at radius 2 is 1.95 bits per heavy atom. The highest BCUT2D eigenvalue weighted by atomic mass is 16.5. The van der Waals surface area contributed by atoms with Crippen LogP contribution < -0.4 is 10.6 Å². The summed E-state index contributed by atoms with van der Waals surface area (Å²) in [6.45, 7) is 1.35. The van der Waals surface area contributed by atoms with Crippen LogP contribution in [0.25, 0.3) is 11.0 Å². The molecule has 3 aromatic rings. The Hall–Kier alpha value is -2.96. The number of hydrogen-bond acceptors (Lipinski definition) is 6. The molecule has 4 rings (SSSR count). The van der Waals surface area contributed by atoms with Gasteiger partial charge in [-0.15, -0.1) is 4.73 Å². The minimum atomic E-state index is -0.724. The van der Waals surface area contributed by atoms with Crippen LogP contribution in [0.2, 0.25) is 0 Å². The van der Waals surface area contributed by atoms with Gasteiger partial charge in [-0.1, -0.05) is 6.07 Å². The Morgan fingerprint density at radius 3 is 2.86 bits per heavy atom. The molecule has 0 fully saturated rings. The average Bonchev–Trinajstić information content (AvgIpc) is 2.58. The molecule has 7 heteroatoms. The number of anilines is 1. The standard InChI is InChI=1S/C15H13N5O2/c21-15-18-14(11-4-2-7-17-13(11)20(15)22)19-8-5-12-10(9-19)3-1-6-16-12/h1-4,6-7,22H,5,8-9H2. The SMILES string of the molecule is O=c1nc(N2CCc3ncccc3C2)c2cccnc2n1O. The van der Waals surface area contributed by atoms with Crippen LogP contribution >= 0.6 is 0 Å². The summed E-state index contributed by atoms with van der Waals surface area (Å²) in [4.78, 5) is 26.4. The van der Waals surface area contributed by atoms with E-state index in [0.29, 0.717) is 22.5 Å². The Morgan fingerprint density at radius 1 is 1.14 bits per heavy atom. The summed E-state index contributed by atoms with van der Waals surface area (Å²) in [5, 5.41) is 10.4. The Labute approximate surface area is 125 Å². The van der Waals surface area contributed by atoms with E-state index in [1.807, 2.05) is 17.0 Å². The lowest BCUT2D eigenvalue weighted by molar-refractivity contribution is 0.182. The largest absolute Gasteiger partial charge is 0.422 e. The molecule has 3 aromatic heterocycles. The van der Waals surface area contributed by atoms with Crippen molar-refractivity contribution in [1.82, 2.24) is 19.7 Å². The zero-order valence-electron chi connectivity index (χ0n) is 11.7. The van der Waals surface area contributed by atoms with Crippen LogP contribution in [0.5, 0.6) is 0 Å². The molecule has 1 aliphatic heterocycles. The van der Waals surface area contributed by atoms with Crippen molar-refractivity contribution in [1.29, 1.82) is 0 Å². The zero-order valence-corrected chi connectivity index (χ0v) is 11.7. The van der Waals surface area contributed by atoms with E-state index >= 15 is 0 Å². The van der Waals surface area contributed by atoms with E-state index in [0.717, 1.165) is 24.2 Å². The van der Waals surface area contributed by atoms with Gasteiger partial charge in [-0.3, -0.25) is 4.98 Å². The predicted molar refractivity (Wildman–Crippen MR) is 80.0 cm³/mol. The first-order chi connectivity index (χ1) is 10.7. The second-order valence-electron chi connectivity index (χ2n) is 5.19. The van der Waals surface area contributed by atoms with Gasteiger partial charge in [0.2, 0.25) is 0 Å². The molecule has 0 bridgehead atoms. The van der Waals surface area contributed by atoms with Crippen LogP contribution in [0, 0.1) is 0 Å². The first-order valence-electron chi connectivity index (χ1n) is 6.99. The van der Waals surface area contributed by atoms with Crippen LogP contribution in [0.15, 0.2) is 41.5 Å². The quantitative estimate of drug-likeness (QED) is 0.674. The first-order valence-corrected chi connectivity index (χ1v) is 6.99. The fraction of sp³-hybridized carbons (Fsp3) is 0.200.